The first-order valence-electron chi connectivity index (χ1n) is 6.49. The van der Waals surface area contributed by atoms with E-state index in [2.05, 4.69) is 45.9 Å². The van der Waals surface area contributed by atoms with Crippen LogP contribution in [0, 0.1) is 6.92 Å². The summed E-state index contributed by atoms with van der Waals surface area (Å²) in [6.45, 7) is 8.51. The van der Waals surface area contributed by atoms with Crippen molar-refractivity contribution in [1.29, 1.82) is 0 Å². The molecule has 0 spiro atoms. The monoisotopic (exact) mass is 265 g/mol. The van der Waals surface area contributed by atoms with Crippen LogP contribution in [0.25, 0.3) is 0 Å². The molecule has 0 radical (unpaired) electrons. The predicted molar refractivity (Wildman–Crippen MR) is 81.4 cm³/mol. The molecule has 0 fully saturated rings. The predicted octanol–water partition coefficient (Wildman–Crippen LogP) is 3.95. The molecule has 0 aliphatic heterocycles. The molecule has 0 saturated heterocycles. The number of aryl methyl sites for hydroxylation is 1. The molecule has 0 heterocycles. The van der Waals surface area contributed by atoms with Gasteiger partial charge >= 0.3 is 0 Å². The van der Waals surface area contributed by atoms with Gasteiger partial charge < -0.3 is 10.5 Å². The second-order valence-electron chi connectivity index (χ2n) is 5.01. The maximum Gasteiger partial charge on any atom is 0.123 e. The summed E-state index contributed by atoms with van der Waals surface area (Å²) in [5.74, 6) is 1.41. The summed E-state index contributed by atoms with van der Waals surface area (Å²) >= 11 is 4.96. The van der Waals surface area contributed by atoms with E-state index in [0.29, 0.717) is 17.3 Å². The Kier molecular flexibility index (Phi) is 5.60. The van der Waals surface area contributed by atoms with Crippen LogP contribution in [0.1, 0.15) is 50.7 Å². The second kappa shape index (κ2) is 6.74. The van der Waals surface area contributed by atoms with E-state index in [1.165, 1.54) is 11.1 Å². The molecule has 1 atom stereocenters. The summed E-state index contributed by atoms with van der Waals surface area (Å²) in [6, 6.07) is 6.36. The van der Waals surface area contributed by atoms with Gasteiger partial charge in [0.25, 0.3) is 0 Å². The number of ether oxygens (including phenoxy) is 1. The first-order chi connectivity index (χ1) is 8.43. The van der Waals surface area contributed by atoms with Crippen molar-refractivity contribution in [2.45, 2.75) is 52.6 Å². The Morgan fingerprint density at radius 3 is 2.56 bits per heavy atom. The minimum absolute atomic E-state index is 0.0711. The number of hydrogen-bond acceptors (Lipinski definition) is 2. The van der Waals surface area contributed by atoms with E-state index in [1.54, 1.807) is 0 Å². The van der Waals surface area contributed by atoms with Crippen LogP contribution in [0.15, 0.2) is 18.2 Å². The fourth-order valence-corrected chi connectivity index (χ4v) is 2.08. The molecule has 0 aliphatic carbocycles. The van der Waals surface area contributed by atoms with E-state index >= 15 is 0 Å². The van der Waals surface area contributed by atoms with Crippen LogP contribution < -0.4 is 10.5 Å². The lowest BCUT2D eigenvalue weighted by atomic mass is 10.0. The number of hydrogen-bond donors (Lipinski definition) is 1. The molecule has 3 heteroatoms. The molecule has 2 N–H and O–H groups in total. The van der Waals surface area contributed by atoms with Crippen molar-refractivity contribution >= 4 is 17.2 Å². The quantitative estimate of drug-likeness (QED) is 0.791. The van der Waals surface area contributed by atoms with E-state index in [0.717, 1.165) is 12.2 Å². The Labute approximate surface area is 116 Å². The fraction of sp³-hybridized carbons (Fsp3) is 0.533. The average Bonchev–Trinajstić information content (AvgIpc) is 2.27. The molecule has 18 heavy (non-hydrogen) atoms. The van der Waals surface area contributed by atoms with Gasteiger partial charge in [-0.15, -0.1) is 0 Å². The molecular formula is C15H23NOS. The molecule has 1 aromatic carbocycles. The summed E-state index contributed by atoms with van der Waals surface area (Å²) in [5, 5.41) is 0. The molecule has 2 nitrogen and oxygen atoms in total. The van der Waals surface area contributed by atoms with Crippen LogP contribution in [0.2, 0.25) is 0 Å². The minimum Gasteiger partial charge on any atom is -0.490 e. The van der Waals surface area contributed by atoms with Gasteiger partial charge in [-0.2, -0.15) is 0 Å². The van der Waals surface area contributed by atoms with Crippen molar-refractivity contribution < 1.29 is 4.74 Å². The van der Waals surface area contributed by atoms with Gasteiger partial charge in [0.15, 0.2) is 0 Å². The summed E-state index contributed by atoms with van der Waals surface area (Å²) in [5.41, 5.74) is 8.05. The van der Waals surface area contributed by atoms with Crippen molar-refractivity contribution in [3.05, 3.63) is 29.3 Å². The molecule has 0 amide bonds. The average molecular weight is 265 g/mol. The van der Waals surface area contributed by atoms with E-state index in [9.17, 15) is 0 Å². The third-order valence-electron chi connectivity index (χ3n) is 2.97. The first kappa shape index (κ1) is 15.0. The summed E-state index contributed by atoms with van der Waals surface area (Å²) in [6.07, 6.45) is 1.61. The largest absolute Gasteiger partial charge is 0.490 e. The van der Waals surface area contributed by atoms with Gasteiger partial charge in [0.05, 0.1) is 4.99 Å². The molecule has 1 rings (SSSR count). The van der Waals surface area contributed by atoms with Crippen LogP contribution in [0.5, 0.6) is 5.75 Å². The highest BCUT2D eigenvalue weighted by Gasteiger charge is 2.14. The lowest BCUT2D eigenvalue weighted by Gasteiger charge is -2.21. The highest BCUT2D eigenvalue weighted by atomic mass is 32.1. The summed E-state index contributed by atoms with van der Waals surface area (Å²) < 4.78 is 6.08. The Balaban J connectivity index is 2.93. The van der Waals surface area contributed by atoms with Crippen molar-refractivity contribution in [3.63, 3.8) is 0 Å². The summed E-state index contributed by atoms with van der Waals surface area (Å²) in [4.78, 5) is 0.514. The van der Waals surface area contributed by atoms with Gasteiger partial charge in [-0.25, -0.2) is 0 Å². The van der Waals surface area contributed by atoms with Gasteiger partial charge in [-0.1, -0.05) is 45.1 Å². The number of thiocarbonyl (C=S) groups is 1. The topological polar surface area (TPSA) is 35.2 Å². The van der Waals surface area contributed by atoms with Gasteiger partial charge in [-0.3, -0.25) is 0 Å². The zero-order chi connectivity index (χ0) is 13.7. The lowest BCUT2D eigenvalue weighted by Crippen LogP contribution is -2.23. The van der Waals surface area contributed by atoms with Gasteiger partial charge in [0, 0.05) is 6.42 Å². The lowest BCUT2D eigenvalue weighted by molar-refractivity contribution is 0.202. The molecule has 100 valence electrons. The van der Waals surface area contributed by atoms with Crippen LogP contribution in [-0.4, -0.2) is 11.1 Å². The zero-order valence-corrected chi connectivity index (χ0v) is 12.5. The van der Waals surface area contributed by atoms with Crippen LogP contribution >= 0.6 is 12.2 Å². The van der Waals surface area contributed by atoms with Gasteiger partial charge in [0.1, 0.15) is 11.9 Å². The van der Waals surface area contributed by atoms with Gasteiger partial charge in [-0.05, 0) is 36.5 Å². The first-order valence-corrected chi connectivity index (χ1v) is 6.90. The Morgan fingerprint density at radius 1 is 1.39 bits per heavy atom. The van der Waals surface area contributed by atoms with E-state index in [1.807, 2.05) is 0 Å². The molecule has 1 aromatic rings. The Bertz CT molecular complexity index is 415. The third kappa shape index (κ3) is 4.30. The minimum atomic E-state index is 0.0711. The summed E-state index contributed by atoms with van der Waals surface area (Å²) in [7, 11) is 0. The standard InChI is InChI=1S/C15H23NOS/c1-5-12(9-15(16)18)17-14-8-11(4)6-7-13(14)10(2)3/h6-8,10,12H,5,9H2,1-4H3,(H2,16,18). The molecule has 0 aliphatic rings. The number of rotatable bonds is 6. The Morgan fingerprint density at radius 2 is 2.06 bits per heavy atom. The normalized spacial score (nSPS) is 12.5. The third-order valence-corrected chi connectivity index (χ3v) is 3.14. The maximum absolute atomic E-state index is 6.08. The molecule has 0 saturated carbocycles. The molecule has 1 unspecified atom stereocenters. The van der Waals surface area contributed by atoms with E-state index in [-0.39, 0.29) is 6.10 Å². The van der Waals surface area contributed by atoms with Crippen LogP contribution in [0.4, 0.5) is 0 Å². The van der Waals surface area contributed by atoms with E-state index in [4.69, 9.17) is 22.7 Å². The zero-order valence-electron chi connectivity index (χ0n) is 11.7. The van der Waals surface area contributed by atoms with Crippen LogP contribution in [-0.2, 0) is 0 Å². The van der Waals surface area contributed by atoms with Crippen molar-refractivity contribution in [2.75, 3.05) is 0 Å². The Hall–Kier alpha value is -1.09. The van der Waals surface area contributed by atoms with Crippen molar-refractivity contribution in [2.24, 2.45) is 5.73 Å². The SMILES string of the molecule is CCC(CC(N)=S)Oc1cc(C)ccc1C(C)C. The molecule has 0 aromatic heterocycles. The molecular weight excluding hydrogens is 242 g/mol. The number of benzene rings is 1. The molecule has 0 bridgehead atoms. The van der Waals surface area contributed by atoms with Crippen molar-refractivity contribution in [1.82, 2.24) is 0 Å². The second-order valence-corrected chi connectivity index (χ2v) is 5.54. The smallest absolute Gasteiger partial charge is 0.123 e. The van der Waals surface area contributed by atoms with Crippen molar-refractivity contribution in [3.8, 4) is 5.75 Å². The maximum atomic E-state index is 6.08. The highest BCUT2D eigenvalue weighted by molar-refractivity contribution is 7.80. The van der Waals surface area contributed by atoms with Crippen LogP contribution in [0.3, 0.4) is 0 Å². The van der Waals surface area contributed by atoms with E-state index < -0.39 is 0 Å². The van der Waals surface area contributed by atoms with Gasteiger partial charge in [0.2, 0.25) is 0 Å². The number of nitrogens with two attached hydrogens (primary N) is 1. The highest BCUT2D eigenvalue weighted by Crippen LogP contribution is 2.29. The fourth-order valence-electron chi connectivity index (χ4n) is 1.89.